The fourth-order valence-corrected chi connectivity index (χ4v) is 4.41. The Morgan fingerprint density at radius 2 is 1.91 bits per heavy atom. The number of rotatable bonds is 7. The van der Waals surface area contributed by atoms with Gasteiger partial charge in [-0.25, -0.2) is 4.39 Å². The van der Waals surface area contributed by atoms with Crippen molar-refractivity contribution in [1.82, 2.24) is 15.5 Å². The monoisotopic (exact) mass is 452 g/mol. The number of hydrogen-bond acceptors (Lipinski definition) is 6. The molecule has 1 saturated heterocycles. The van der Waals surface area contributed by atoms with Crippen molar-refractivity contribution in [1.29, 1.82) is 0 Å². The van der Waals surface area contributed by atoms with Gasteiger partial charge in [0.25, 0.3) is 0 Å². The first-order valence-electron chi connectivity index (χ1n) is 10.5. The number of piperidine rings is 1. The number of aromatic nitrogens is 2. The average Bonchev–Trinajstić information content (AvgIpc) is 2.83. The molecule has 0 unspecified atom stereocenters. The second-order valence-electron chi connectivity index (χ2n) is 7.62. The molecule has 0 saturated carbocycles. The Bertz CT molecular complexity index is 1040. The molecule has 0 spiro atoms. The summed E-state index contributed by atoms with van der Waals surface area (Å²) in [7, 11) is 1.63. The minimum absolute atomic E-state index is 0.000244. The molecule has 32 heavy (non-hydrogen) atoms. The van der Waals surface area contributed by atoms with Gasteiger partial charge in [0.05, 0.1) is 7.11 Å². The van der Waals surface area contributed by atoms with Crippen LogP contribution in [0, 0.1) is 11.7 Å². The number of nitrogens with one attached hydrogen (secondary N) is 1. The smallest absolute Gasteiger partial charge is 0.223 e. The number of methoxy groups -OCH3 is 1. The van der Waals surface area contributed by atoms with Gasteiger partial charge < -0.3 is 15.0 Å². The van der Waals surface area contributed by atoms with Crippen LogP contribution in [-0.4, -0.2) is 36.3 Å². The minimum atomic E-state index is -0.268. The van der Waals surface area contributed by atoms with Crippen LogP contribution in [0.1, 0.15) is 18.4 Å². The quantitative estimate of drug-likeness (QED) is 0.576. The van der Waals surface area contributed by atoms with Crippen molar-refractivity contribution < 1.29 is 13.9 Å². The standard InChI is InChI=1S/C24H25FN4O2S/c1-31-20-7-5-17(6-8-20)16-26-24(30)18-11-13-29(14-12-18)22-9-10-23(28-27-22)32-21-4-2-3-19(25)15-21/h2-10,15,18H,11-14,16H2,1H3,(H,26,30). The number of halogens is 1. The lowest BCUT2D eigenvalue weighted by Gasteiger charge is -2.31. The Hall–Kier alpha value is -3.13. The lowest BCUT2D eigenvalue weighted by molar-refractivity contribution is -0.125. The third kappa shape index (κ3) is 5.76. The Labute approximate surface area is 191 Å². The lowest BCUT2D eigenvalue weighted by Crippen LogP contribution is -2.40. The van der Waals surface area contributed by atoms with E-state index in [9.17, 15) is 9.18 Å². The molecule has 0 atom stereocenters. The number of carbonyl (C=O) groups is 1. The first-order valence-corrected chi connectivity index (χ1v) is 11.3. The molecule has 2 heterocycles. The molecule has 1 aliphatic heterocycles. The van der Waals surface area contributed by atoms with Crippen molar-refractivity contribution in [3.63, 3.8) is 0 Å². The van der Waals surface area contributed by atoms with E-state index in [-0.39, 0.29) is 17.6 Å². The molecule has 2 aromatic carbocycles. The number of hydrogen-bond donors (Lipinski definition) is 1. The third-order valence-corrected chi connectivity index (χ3v) is 6.38. The van der Waals surface area contributed by atoms with Crippen molar-refractivity contribution in [3.05, 3.63) is 72.0 Å². The number of benzene rings is 2. The molecule has 8 heteroatoms. The average molecular weight is 453 g/mol. The van der Waals surface area contributed by atoms with E-state index in [0.29, 0.717) is 11.6 Å². The molecule has 1 aromatic heterocycles. The molecular formula is C24H25FN4O2S. The number of ether oxygens (including phenoxy) is 1. The summed E-state index contributed by atoms with van der Waals surface area (Å²) in [5.74, 6) is 1.42. The van der Waals surface area contributed by atoms with Gasteiger partial charge >= 0.3 is 0 Å². The van der Waals surface area contributed by atoms with E-state index >= 15 is 0 Å². The van der Waals surface area contributed by atoms with Crippen LogP contribution in [0.25, 0.3) is 0 Å². The van der Waals surface area contributed by atoms with Crippen LogP contribution in [0.2, 0.25) is 0 Å². The largest absolute Gasteiger partial charge is 0.497 e. The Morgan fingerprint density at radius 3 is 2.56 bits per heavy atom. The zero-order valence-corrected chi connectivity index (χ0v) is 18.6. The van der Waals surface area contributed by atoms with Crippen molar-refractivity contribution in [2.45, 2.75) is 29.3 Å². The van der Waals surface area contributed by atoms with Gasteiger partial charge in [-0.05, 0) is 60.9 Å². The minimum Gasteiger partial charge on any atom is -0.497 e. The van der Waals surface area contributed by atoms with Crippen molar-refractivity contribution in [2.75, 3.05) is 25.1 Å². The zero-order chi connectivity index (χ0) is 22.3. The van der Waals surface area contributed by atoms with Crippen LogP contribution in [0.5, 0.6) is 5.75 Å². The maximum absolute atomic E-state index is 13.3. The van der Waals surface area contributed by atoms with Gasteiger partial charge in [0.1, 0.15) is 16.6 Å². The Morgan fingerprint density at radius 1 is 1.12 bits per heavy atom. The normalized spacial score (nSPS) is 14.2. The van der Waals surface area contributed by atoms with Gasteiger partial charge in [-0.1, -0.05) is 30.0 Å². The molecule has 0 aliphatic carbocycles. The highest BCUT2D eigenvalue weighted by Crippen LogP contribution is 2.28. The van der Waals surface area contributed by atoms with Crippen LogP contribution >= 0.6 is 11.8 Å². The highest BCUT2D eigenvalue weighted by atomic mass is 32.2. The van der Waals surface area contributed by atoms with E-state index in [0.717, 1.165) is 48.0 Å². The van der Waals surface area contributed by atoms with Crippen LogP contribution in [0.4, 0.5) is 10.2 Å². The predicted molar refractivity (Wildman–Crippen MR) is 122 cm³/mol. The van der Waals surface area contributed by atoms with E-state index in [1.165, 1.54) is 23.9 Å². The van der Waals surface area contributed by atoms with Crippen molar-refractivity contribution in [3.8, 4) is 5.75 Å². The summed E-state index contributed by atoms with van der Waals surface area (Å²) >= 11 is 1.37. The second-order valence-corrected chi connectivity index (χ2v) is 8.71. The maximum Gasteiger partial charge on any atom is 0.223 e. The van der Waals surface area contributed by atoms with E-state index in [1.807, 2.05) is 42.5 Å². The van der Waals surface area contributed by atoms with Gasteiger partial charge in [-0.15, -0.1) is 10.2 Å². The molecule has 6 nitrogen and oxygen atoms in total. The van der Waals surface area contributed by atoms with Gasteiger partial charge in [-0.2, -0.15) is 0 Å². The molecular weight excluding hydrogens is 427 g/mol. The fourth-order valence-electron chi connectivity index (χ4n) is 3.63. The van der Waals surface area contributed by atoms with E-state index < -0.39 is 0 Å². The topological polar surface area (TPSA) is 67.3 Å². The molecule has 0 bridgehead atoms. The summed E-state index contributed by atoms with van der Waals surface area (Å²) in [6.45, 7) is 2.02. The molecule has 0 radical (unpaired) electrons. The predicted octanol–water partition coefficient (Wildman–Crippen LogP) is 4.31. The first-order chi connectivity index (χ1) is 15.6. The Kier molecular flexibility index (Phi) is 7.21. The third-order valence-electron chi connectivity index (χ3n) is 5.46. The summed E-state index contributed by atoms with van der Waals surface area (Å²) in [6.07, 6.45) is 1.55. The molecule has 4 rings (SSSR count). The summed E-state index contributed by atoms with van der Waals surface area (Å²) in [4.78, 5) is 15.5. The van der Waals surface area contributed by atoms with E-state index in [2.05, 4.69) is 20.4 Å². The fraction of sp³-hybridized carbons (Fsp3) is 0.292. The van der Waals surface area contributed by atoms with E-state index in [4.69, 9.17) is 4.74 Å². The van der Waals surface area contributed by atoms with Gasteiger partial charge in [0.2, 0.25) is 5.91 Å². The molecule has 1 amide bonds. The summed E-state index contributed by atoms with van der Waals surface area (Å²) in [6, 6.07) is 17.9. The second kappa shape index (κ2) is 10.5. The summed E-state index contributed by atoms with van der Waals surface area (Å²) in [5, 5.41) is 12.4. The summed E-state index contributed by atoms with van der Waals surface area (Å²) < 4.78 is 18.5. The molecule has 3 aromatic rings. The van der Waals surface area contributed by atoms with Crippen molar-refractivity contribution in [2.24, 2.45) is 5.92 Å². The van der Waals surface area contributed by atoms with Gasteiger partial charge in [0, 0.05) is 30.4 Å². The molecule has 1 N–H and O–H groups in total. The van der Waals surface area contributed by atoms with Crippen LogP contribution < -0.4 is 15.0 Å². The zero-order valence-electron chi connectivity index (χ0n) is 17.8. The Balaban J connectivity index is 1.25. The van der Waals surface area contributed by atoms with Gasteiger partial charge in [0.15, 0.2) is 5.82 Å². The van der Waals surface area contributed by atoms with Crippen LogP contribution in [0.15, 0.2) is 70.6 Å². The highest BCUT2D eigenvalue weighted by Gasteiger charge is 2.25. The summed E-state index contributed by atoms with van der Waals surface area (Å²) in [5.41, 5.74) is 1.04. The van der Waals surface area contributed by atoms with E-state index in [1.54, 1.807) is 13.2 Å². The first kappa shape index (κ1) is 22.1. The number of carbonyl (C=O) groups excluding carboxylic acids is 1. The van der Waals surface area contributed by atoms with Crippen molar-refractivity contribution >= 4 is 23.5 Å². The maximum atomic E-state index is 13.3. The molecule has 1 aliphatic rings. The number of nitrogens with zero attached hydrogens (tertiary/aromatic N) is 3. The van der Waals surface area contributed by atoms with Crippen LogP contribution in [-0.2, 0) is 11.3 Å². The molecule has 1 fully saturated rings. The number of anilines is 1. The SMILES string of the molecule is COc1ccc(CNC(=O)C2CCN(c3ccc(Sc4cccc(F)c4)nn3)CC2)cc1. The molecule has 166 valence electrons. The van der Waals surface area contributed by atoms with Crippen LogP contribution in [0.3, 0.4) is 0 Å². The van der Waals surface area contributed by atoms with Gasteiger partial charge in [-0.3, -0.25) is 4.79 Å². The number of amides is 1. The lowest BCUT2D eigenvalue weighted by atomic mass is 9.96. The highest BCUT2D eigenvalue weighted by molar-refractivity contribution is 7.99.